The van der Waals surface area contributed by atoms with Crippen LogP contribution in [0.25, 0.3) is 0 Å². The summed E-state index contributed by atoms with van der Waals surface area (Å²) < 4.78 is 0. The number of nitrogens with two attached hydrogens (primary N) is 1. The van der Waals surface area contributed by atoms with E-state index >= 15 is 0 Å². The molecule has 106 valence electrons. The van der Waals surface area contributed by atoms with E-state index in [1.807, 2.05) is 25.1 Å². The Hall–Kier alpha value is -1.42. The molecule has 1 atom stereocenters. The highest BCUT2D eigenvalue weighted by Gasteiger charge is 2.19. The van der Waals surface area contributed by atoms with Crippen LogP contribution in [0.5, 0.6) is 0 Å². The van der Waals surface area contributed by atoms with Crippen LogP contribution in [-0.2, 0) is 4.79 Å². The predicted octanol–water partition coefficient (Wildman–Crippen LogP) is 2.41. The molecule has 1 rings (SSSR count). The molecule has 0 saturated heterocycles. The van der Waals surface area contributed by atoms with E-state index in [-0.39, 0.29) is 17.4 Å². The van der Waals surface area contributed by atoms with Crippen LogP contribution in [0.1, 0.15) is 51.8 Å². The lowest BCUT2D eigenvalue weighted by molar-refractivity contribution is -0.122. The van der Waals surface area contributed by atoms with Crippen molar-refractivity contribution in [2.45, 2.75) is 46.1 Å². The van der Waals surface area contributed by atoms with Gasteiger partial charge in [0.25, 0.3) is 0 Å². The molecule has 3 N–H and O–H groups in total. The standard InChI is InChI=1S/C15H25N3O/c1-12(13-6-4-5-11-17-13)18-14(19)7-8-15(2,3)9-10-16/h4-6,11-12H,7-10,16H2,1-3H3,(H,18,19)/t12-/m0/s1. The molecule has 0 radical (unpaired) electrons. The highest BCUT2D eigenvalue weighted by Crippen LogP contribution is 2.25. The fourth-order valence-electron chi connectivity index (χ4n) is 1.99. The molecule has 1 aromatic rings. The van der Waals surface area contributed by atoms with Crippen LogP contribution in [0.4, 0.5) is 0 Å². The van der Waals surface area contributed by atoms with Crippen molar-refractivity contribution in [1.29, 1.82) is 0 Å². The lowest BCUT2D eigenvalue weighted by Crippen LogP contribution is -2.28. The second-order valence-electron chi connectivity index (χ2n) is 5.75. The van der Waals surface area contributed by atoms with Gasteiger partial charge in [-0.1, -0.05) is 19.9 Å². The van der Waals surface area contributed by atoms with E-state index in [1.165, 1.54) is 0 Å². The van der Waals surface area contributed by atoms with E-state index in [0.29, 0.717) is 13.0 Å². The molecule has 0 saturated carbocycles. The fraction of sp³-hybridized carbons (Fsp3) is 0.600. The molecule has 1 amide bonds. The summed E-state index contributed by atoms with van der Waals surface area (Å²) in [6.07, 6.45) is 4.06. The molecule has 1 heterocycles. The van der Waals surface area contributed by atoms with Crippen molar-refractivity contribution in [3.05, 3.63) is 30.1 Å². The average Bonchev–Trinajstić information content (AvgIpc) is 2.37. The molecule has 4 nitrogen and oxygen atoms in total. The largest absolute Gasteiger partial charge is 0.348 e. The van der Waals surface area contributed by atoms with Gasteiger partial charge in [0.05, 0.1) is 11.7 Å². The summed E-state index contributed by atoms with van der Waals surface area (Å²) in [5.41, 5.74) is 6.58. The maximum Gasteiger partial charge on any atom is 0.220 e. The van der Waals surface area contributed by atoms with E-state index in [1.54, 1.807) is 6.20 Å². The van der Waals surface area contributed by atoms with Gasteiger partial charge in [0.15, 0.2) is 0 Å². The summed E-state index contributed by atoms with van der Waals surface area (Å²) in [6.45, 7) is 6.91. The molecule has 1 aromatic heterocycles. The molecule has 19 heavy (non-hydrogen) atoms. The highest BCUT2D eigenvalue weighted by molar-refractivity contribution is 5.76. The number of carbonyl (C=O) groups is 1. The number of hydrogen-bond donors (Lipinski definition) is 2. The van der Waals surface area contributed by atoms with Gasteiger partial charge >= 0.3 is 0 Å². The third kappa shape index (κ3) is 5.83. The van der Waals surface area contributed by atoms with Gasteiger partial charge in [-0.15, -0.1) is 0 Å². The Morgan fingerprint density at radius 1 is 1.42 bits per heavy atom. The van der Waals surface area contributed by atoms with Crippen LogP contribution >= 0.6 is 0 Å². The number of rotatable bonds is 7. The second-order valence-corrected chi connectivity index (χ2v) is 5.75. The molecule has 0 fully saturated rings. The van der Waals surface area contributed by atoms with Gasteiger partial charge in [0.2, 0.25) is 5.91 Å². The number of carbonyl (C=O) groups excluding carboxylic acids is 1. The Kier molecular flexibility index (Phi) is 5.96. The van der Waals surface area contributed by atoms with Crippen molar-refractivity contribution >= 4 is 5.91 Å². The van der Waals surface area contributed by atoms with Crippen LogP contribution < -0.4 is 11.1 Å². The molecule has 0 spiro atoms. The molecule has 0 bridgehead atoms. The van der Waals surface area contributed by atoms with Gasteiger partial charge in [-0.3, -0.25) is 9.78 Å². The molecule has 0 unspecified atom stereocenters. The quantitative estimate of drug-likeness (QED) is 0.794. The molecule has 0 aliphatic rings. The number of pyridine rings is 1. The normalized spacial score (nSPS) is 13.1. The van der Waals surface area contributed by atoms with Crippen molar-refractivity contribution in [3.8, 4) is 0 Å². The first-order chi connectivity index (χ1) is 8.94. The first-order valence-corrected chi connectivity index (χ1v) is 6.85. The van der Waals surface area contributed by atoms with Crippen LogP contribution in [0.2, 0.25) is 0 Å². The van der Waals surface area contributed by atoms with Crippen LogP contribution in [0.15, 0.2) is 24.4 Å². The van der Waals surface area contributed by atoms with E-state index < -0.39 is 0 Å². The zero-order chi connectivity index (χ0) is 14.3. The number of aromatic nitrogens is 1. The van der Waals surface area contributed by atoms with E-state index in [4.69, 9.17) is 5.73 Å². The Morgan fingerprint density at radius 2 is 2.16 bits per heavy atom. The van der Waals surface area contributed by atoms with Crippen LogP contribution in [0.3, 0.4) is 0 Å². The molecule has 0 aliphatic heterocycles. The van der Waals surface area contributed by atoms with E-state index in [2.05, 4.69) is 24.1 Å². The lowest BCUT2D eigenvalue weighted by Gasteiger charge is -2.23. The Labute approximate surface area is 115 Å². The highest BCUT2D eigenvalue weighted by atomic mass is 16.1. The van der Waals surface area contributed by atoms with Crippen molar-refractivity contribution in [1.82, 2.24) is 10.3 Å². The van der Waals surface area contributed by atoms with Crippen molar-refractivity contribution in [3.63, 3.8) is 0 Å². The number of amides is 1. The maximum atomic E-state index is 11.9. The SMILES string of the molecule is C[C@H](NC(=O)CCC(C)(C)CCN)c1ccccn1. The third-order valence-electron chi connectivity index (χ3n) is 3.36. The van der Waals surface area contributed by atoms with Gasteiger partial charge in [-0.25, -0.2) is 0 Å². The van der Waals surface area contributed by atoms with Crippen LogP contribution in [-0.4, -0.2) is 17.4 Å². The average molecular weight is 263 g/mol. The number of nitrogens with zero attached hydrogens (tertiary/aromatic N) is 1. The fourth-order valence-corrected chi connectivity index (χ4v) is 1.99. The Morgan fingerprint density at radius 3 is 2.74 bits per heavy atom. The minimum atomic E-state index is -0.0497. The summed E-state index contributed by atoms with van der Waals surface area (Å²) >= 11 is 0. The first kappa shape index (κ1) is 15.6. The van der Waals surface area contributed by atoms with Crippen molar-refractivity contribution < 1.29 is 4.79 Å². The minimum Gasteiger partial charge on any atom is -0.348 e. The van der Waals surface area contributed by atoms with Gasteiger partial charge in [-0.05, 0) is 43.9 Å². The number of nitrogens with one attached hydrogen (secondary N) is 1. The van der Waals surface area contributed by atoms with E-state index in [9.17, 15) is 4.79 Å². The van der Waals surface area contributed by atoms with E-state index in [0.717, 1.165) is 18.5 Å². The van der Waals surface area contributed by atoms with Gasteiger partial charge < -0.3 is 11.1 Å². The summed E-state index contributed by atoms with van der Waals surface area (Å²) in [5.74, 6) is 0.0725. The smallest absolute Gasteiger partial charge is 0.220 e. The minimum absolute atomic E-state index is 0.0497. The molecular weight excluding hydrogens is 238 g/mol. The molecule has 0 aliphatic carbocycles. The Bertz CT molecular complexity index is 390. The van der Waals surface area contributed by atoms with Crippen molar-refractivity contribution in [2.75, 3.05) is 6.54 Å². The predicted molar refractivity (Wildman–Crippen MR) is 77.5 cm³/mol. The second kappa shape index (κ2) is 7.24. The molecule has 4 heteroatoms. The lowest BCUT2D eigenvalue weighted by atomic mass is 9.84. The third-order valence-corrected chi connectivity index (χ3v) is 3.36. The summed E-state index contributed by atoms with van der Waals surface area (Å²) in [4.78, 5) is 16.1. The summed E-state index contributed by atoms with van der Waals surface area (Å²) in [5, 5.41) is 2.98. The topological polar surface area (TPSA) is 68.0 Å². The van der Waals surface area contributed by atoms with Crippen LogP contribution in [0, 0.1) is 5.41 Å². The first-order valence-electron chi connectivity index (χ1n) is 6.85. The monoisotopic (exact) mass is 263 g/mol. The zero-order valence-electron chi connectivity index (χ0n) is 12.1. The van der Waals surface area contributed by atoms with Gasteiger partial charge in [-0.2, -0.15) is 0 Å². The number of hydrogen-bond acceptors (Lipinski definition) is 3. The maximum absolute atomic E-state index is 11.9. The summed E-state index contributed by atoms with van der Waals surface area (Å²) in [7, 11) is 0. The van der Waals surface area contributed by atoms with Gasteiger partial charge in [0, 0.05) is 12.6 Å². The van der Waals surface area contributed by atoms with Crippen molar-refractivity contribution in [2.24, 2.45) is 11.1 Å². The zero-order valence-corrected chi connectivity index (χ0v) is 12.1. The molecular formula is C15H25N3O. The van der Waals surface area contributed by atoms with Gasteiger partial charge in [0.1, 0.15) is 0 Å². The Balaban J connectivity index is 2.39. The summed E-state index contributed by atoms with van der Waals surface area (Å²) in [6, 6.07) is 5.66. The molecule has 0 aromatic carbocycles.